The fourth-order valence-electron chi connectivity index (χ4n) is 2.86. The molecule has 1 aromatic heterocycles. The minimum absolute atomic E-state index is 0.00434. The van der Waals surface area contributed by atoms with Gasteiger partial charge in [0.15, 0.2) is 0 Å². The largest absolute Gasteiger partial charge is 0.480 e. The number of pyridine rings is 1. The molecule has 0 spiro atoms. The highest BCUT2D eigenvalue weighted by atomic mass is 35.5. The van der Waals surface area contributed by atoms with Crippen molar-refractivity contribution in [3.05, 3.63) is 58.7 Å². The van der Waals surface area contributed by atoms with Crippen LogP contribution in [0.5, 0.6) is 5.88 Å². The number of nitrogens with zero attached hydrogens (tertiary/aromatic N) is 2. The quantitative estimate of drug-likeness (QED) is 0.781. The third-order valence-corrected chi connectivity index (χ3v) is 4.53. The number of methoxy groups -OCH3 is 1. The van der Waals surface area contributed by atoms with Crippen molar-refractivity contribution in [3.63, 3.8) is 0 Å². The fourth-order valence-corrected chi connectivity index (χ4v) is 3.12. The zero-order chi connectivity index (χ0) is 18.2. The Hall–Kier alpha value is -2.11. The second-order valence-electron chi connectivity index (χ2n) is 5.53. The second-order valence-corrected chi connectivity index (χ2v) is 5.94. The summed E-state index contributed by atoms with van der Waals surface area (Å²) < 4.78 is 5.16. The summed E-state index contributed by atoms with van der Waals surface area (Å²) in [6.07, 6.45) is 1.60. The molecule has 5 nitrogen and oxygen atoms in total. The molecule has 0 fully saturated rings. The number of hydrogen-bond acceptors (Lipinski definition) is 4. The number of hydrogen-bond donors (Lipinski definition) is 1. The van der Waals surface area contributed by atoms with Crippen LogP contribution in [0.15, 0.2) is 42.6 Å². The highest BCUT2D eigenvalue weighted by Crippen LogP contribution is 2.27. The minimum Gasteiger partial charge on any atom is -0.480 e. The highest BCUT2D eigenvalue weighted by Gasteiger charge is 2.22. The maximum absolute atomic E-state index is 12.6. The first-order valence-electron chi connectivity index (χ1n) is 8.38. The van der Waals surface area contributed by atoms with Crippen molar-refractivity contribution in [2.24, 2.45) is 0 Å². The minimum atomic E-state index is -0.214. The number of benzene rings is 1. The maximum Gasteiger partial charge on any atom is 0.256 e. The smallest absolute Gasteiger partial charge is 0.256 e. The lowest BCUT2D eigenvalue weighted by atomic mass is 10.0. The number of carbonyl (C=O) groups excluding carboxylic acids is 1. The summed E-state index contributed by atoms with van der Waals surface area (Å²) in [5.41, 5.74) is 1.42. The Morgan fingerprint density at radius 1 is 1.24 bits per heavy atom. The molecule has 1 unspecified atom stereocenters. The summed E-state index contributed by atoms with van der Waals surface area (Å²) in [5, 5.41) is 3.69. The van der Waals surface area contributed by atoms with E-state index in [-0.39, 0.29) is 11.9 Å². The van der Waals surface area contributed by atoms with Crippen molar-refractivity contribution in [3.8, 4) is 5.88 Å². The monoisotopic (exact) mass is 361 g/mol. The molecule has 25 heavy (non-hydrogen) atoms. The fraction of sp³-hybridized carbons (Fsp3) is 0.368. The van der Waals surface area contributed by atoms with Crippen molar-refractivity contribution in [1.29, 1.82) is 0 Å². The molecular formula is C19H24ClN3O2. The summed E-state index contributed by atoms with van der Waals surface area (Å²) in [7, 11) is 1.50. The number of rotatable bonds is 8. The van der Waals surface area contributed by atoms with E-state index in [1.165, 1.54) is 7.11 Å². The molecule has 2 rings (SSSR count). The van der Waals surface area contributed by atoms with Gasteiger partial charge in [-0.25, -0.2) is 4.98 Å². The molecule has 0 aliphatic rings. The standard InChI is InChI=1S/C19H24ClN3O2/c1-4-23(5-2)17(14-9-6-7-11-16(14)20)13-22-18(24)15-10-8-12-21-19(15)25-3/h6-12,17H,4-5,13H2,1-3H3,(H,22,24). The van der Waals surface area contributed by atoms with Gasteiger partial charge in [-0.05, 0) is 36.9 Å². The molecule has 0 saturated carbocycles. The summed E-state index contributed by atoms with van der Waals surface area (Å²) in [6.45, 7) is 6.36. The van der Waals surface area contributed by atoms with E-state index >= 15 is 0 Å². The number of amides is 1. The summed E-state index contributed by atoms with van der Waals surface area (Å²) in [6, 6.07) is 11.2. The van der Waals surface area contributed by atoms with Gasteiger partial charge in [0.25, 0.3) is 5.91 Å². The van der Waals surface area contributed by atoms with E-state index in [9.17, 15) is 4.79 Å². The van der Waals surface area contributed by atoms with E-state index in [0.717, 1.165) is 18.7 Å². The first-order chi connectivity index (χ1) is 12.1. The van der Waals surface area contributed by atoms with Crippen molar-refractivity contribution in [2.45, 2.75) is 19.9 Å². The molecule has 0 radical (unpaired) electrons. The van der Waals surface area contributed by atoms with Crippen LogP contribution in [-0.4, -0.2) is 42.5 Å². The van der Waals surface area contributed by atoms with E-state index in [4.69, 9.17) is 16.3 Å². The Kier molecular flexibility index (Phi) is 7.22. The molecule has 0 aliphatic carbocycles. The number of nitrogens with one attached hydrogen (secondary N) is 1. The third-order valence-electron chi connectivity index (χ3n) is 4.18. The van der Waals surface area contributed by atoms with E-state index in [1.54, 1.807) is 18.3 Å². The molecule has 2 aromatic rings. The van der Waals surface area contributed by atoms with E-state index in [0.29, 0.717) is 23.0 Å². The molecule has 1 aromatic carbocycles. The maximum atomic E-state index is 12.6. The number of aromatic nitrogens is 1. The Morgan fingerprint density at radius 2 is 1.96 bits per heavy atom. The molecule has 0 aliphatic heterocycles. The van der Waals surface area contributed by atoms with Gasteiger partial charge in [-0.3, -0.25) is 9.69 Å². The normalized spacial score (nSPS) is 12.0. The van der Waals surface area contributed by atoms with Gasteiger partial charge in [-0.15, -0.1) is 0 Å². The first kappa shape index (κ1) is 19.2. The van der Waals surface area contributed by atoms with Gasteiger partial charge in [0, 0.05) is 17.8 Å². The van der Waals surface area contributed by atoms with Gasteiger partial charge in [0.2, 0.25) is 5.88 Å². The van der Waals surface area contributed by atoms with Crippen molar-refractivity contribution < 1.29 is 9.53 Å². The van der Waals surface area contributed by atoms with Gasteiger partial charge in [0.1, 0.15) is 5.56 Å². The molecular weight excluding hydrogens is 338 g/mol. The van der Waals surface area contributed by atoms with Gasteiger partial charge < -0.3 is 10.1 Å². The van der Waals surface area contributed by atoms with Crippen LogP contribution in [0, 0.1) is 0 Å². The molecule has 1 atom stereocenters. The summed E-state index contributed by atoms with van der Waals surface area (Å²) in [4.78, 5) is 18.9. The Morgan fingerprint density at radius 3 is 2.60 bits per heavy atom. The van der Waals surface area contributed by atoms with Crippen LogP contribution in [0.25, 0.3) is 0 Å². The van der Waals surface area contributed by atoms with Gasteiger partial charge >= 0.3 is 0 Å². The van der Waals surface area contributed by atoms with Crippen molar-refractivity contribution in [2.75, 3.05) is 26.7 Å². The lowest BCUT2D eigenvalue weighted by Gasteiger charge is -2.31. The lowest BCUT2D eigenvalue weighted by molar-refractivity contribution is 0.0931. The highest BCUT2D eigenvalue weighted by molar-refractivity contribution is 6.31. The predicted octanol–water partition coefficient (Wildman–Crippen LogP) is 3.56. The van der Waals surface area contributed by atoms with Crippen LogP contribution in [0.3, 0.4) is 0 Å². The molecule has 1 N–H and O–H groups in total. The average molecular weight is 362 g/mol. The average Bonchev–Trinajstić information content (AvgIpc) is 2.65. The Balaban J connectivity index is 2.20. The van der Waals surface area contributed by atoms with E-state index < -0.39 is 0 Å². The molecule has 1 heterocycles. The van der Waals surface area contributed by atoms with E-state index in [1.807, 2.05) is 24.3 Å². The lowest BCUT2D eigenvalue weighted by Crippen LogP contribution is -2.38. The van der Waals surface area contributed by atoms with Gasteiger partial charge in [-0.2, -0.15) is 0 Å². The zero-order valence-corrected chi connectivity index (χ0v) is 15.6. The molecule has 134 valence electrons. The zero-order valence-electron chi connectivity index (χ0n) is 14.8. The van der Waals surface area contributed by atoms with Crippen LogP contribution in [0.4, 0.5) is 0 Å². The summed E-state index contributed by atoms with van der Waals surface area (Å²) >= 11 is 6.39. The van der Waals surface area contributed by atoms with Crippen LogP contribution < -0.4 is 10.1 Å². The molecule has 6 heteroatoms. The Labute approximate surface area is 154 Å². The third kappa shape index (κ3) is 4.71. The topological polar surface area (TPSA) is 54.5 Å². The van der Waals surface area contributed by atoms with Crippen LogP contribution in [0.1, 0.15) is 35.8 Å². The van der Waals surface area contributed by atoms with Crippen molar-refractivity contribution in [1.82, 2.24) is 15.2 Å². The van der Waals surface area contributed by atoms with E-state index in [2.05, 4.69) is 29.0 Å². The number of carbonyl (C=O) groups is 1. The molecule has 0 saturated heterocycles. The van der Waals surface area contributed by atoms with Crippen molar-refractivity contribution >= 4 is 17.5 Å². The van der Waals surface area contributed by atoms with Crippen LogP contribution in [-0.2, 0) is 0 Å². The molecule has 1 amide bonds. The Bertz CT molecular complexity index is 705. The molecule has 0 bridgehead atoms. The predicted molar refractivity (Wildman–Crippen MR) is 100 cm³/mol. The van der Waals surface area contributed by atoms with Crippen LogP contribution >= 0.6 is 11.6 Å². The number of halogens is 1. The van der Waals surface area contributed by atoms with Gasteiger partial charge in [-0.1, -0.05) is 43.6 Å². The summed E-state index contributed by atoms with van der Waals surface area (Å²) in [5.74, 6) is 0.103. The first-order valence-corrected chi connectivity index (χ1v) is 8.75. The number of ether oxygens (including phenoxy) is 1. The second kappa shape index (κ2) is 9.39. The number of likely N-dealkylation sites (N-methyl/N-ethyl adjacent to an activating group) is 1. The SMILES string of the molecule is CCN(CC)C(CNC(=O)c1cccnc1OC)c1ccccc1Cl. The van der Waals surface area contributed by atoms with Gasteiger partial charge in [0.05, 0.1) is 13.2 Å². The van der Waals surface area contributed by atoms with Crippen LogP contribution in [0.2, 0.25) is 5.02 Å².